The Morgan fingerprint density at radius 3 is 2.46 bits per heavy atom. The number of nitrogens with zero attached hydrogens (tertiary/aromatic N) is 1. The summed E-state index contributed by atoms with van der Waals surface area (Å²) >= 11 is 0. The third-order valence-corrected chi connectivity index (χ3v) is 1.89. The van der Waals surface area contributed by atoms with Gasteiger partial charge in [-0.3, -0.25) is 0 Å². The normalized spacial score (nSPS) is 13.2. The van der Waals surface area contributed by atoms with Crippen LogP contribution < -0.4 is 5.73 Å². The summed E-state index contributed by atoms with van der Waals surface area (Å²) in [5.74, 6) is 0. The highest BCUT2D eigenvalue weighted by Gasteiger charge is 2.01. The van der Waals surface area contributed by atoms with Gasteiger partial charge in [-0.1, -0.05) is 30.3 Å². The van der Waals surface area contributed by atoms with Gasteiger partial charge in [0.1, 0.15) is 0 Å². The quantitative estimate of drug-likeness (QED) is 0.756. The third kappa shape index (κ3) is 4.06. The maximum atomic E-state index is 5.71. The van der Waals surface area contributed by atoms with Gasteiger partial charge in [0.2, 0.25) is 0 Å². The Balaban J connectivity index is 2.41. The predicted molar refractivity (Wildman–Crippen MR) is 56.4 cm³/mol. The highest BCUT2D eigenvalue weighted by atomic mass is 15.1. The van der Waals surface area contributed by atoms with Crippen molar-refractivity contribution in [1.82, 2.24) is 4.90 Å². The summed E-state index contributed by atoms with van der Waals surface area (Å²) in [5.41, 5.74) is 7.04. The van der Waals surface area contributed by atoms with E-state index in [9.17, 15) is 0 Å². The lowest BCUT2D eigenvalue weighted by Crippen LogP contribution is -2.32. The van der Waals surface area contributed by atoms with E-state index in [-0.39, 0.29) is 6.04 Å². The molecule has 0 saturated heterocycles. The molecule has 72 valence electrons. The van der Waals surface area contributed by atoms with E-state index in [1.165, 1.54) is 5.56 Å². The first kappa shape index (κ1) is 10.2. The van der Waals surface area contributed by atoms with Crippen molar-refractivity contribution >= 4 is 0 Å². The van der Waals surface area contributed by atoms with Gasteiger partial charge in [-0.25, -0.2) is 0 Å². The molecule has 2 nitrogen and oxygen atoms in total. The van der Waals surface area contributed by atoms with Crippen molar-refractivity contribution in [3.05, 3.63) is 35.9 Å². The second-order valence-corrected chi connectivity index (χ2v) is 3.66. The van der Waals surface area contributed by atoms with Gasteiger partial charge in [0.25, 0.3) is 0 Å². The van der Waals surface area contributed by atoms with Gasteiger partial charge in [-0.15, -0.1) is 0 Å². The van der Waals surface area contributed by atoms with Crippen molar-refractivity contribution in [2.75, 3.05) is 13.6 Å². The van der Waals surface area contributed by atoms with Gasteiger partial charge in [-0.2, -0.15) is 0 Å². The summed E-state index contributed by atoms with van der Waals surface area (Å²) in [6.07, 6.45) is 0. The van der Waals surface area contributed by atoms with Crippen LogP contribution in [-0.2, 0) is 6.54 Å². The van der Waals surface area contributed by atoms with E-state index >= 15 is 0 Å². The average molecular weight is 178 g/mol. The van der Waals surface area contributed by atoms with Crippen LogP contribution in [0.3, 0.4) is 0 Å². The lowest BCUT2D eigenvalue weighted by atomic mass is 10.2. The Bertz CT molecular complexity index is 231. The van der Waals surface area contributed by atoms with E-state index in [4.69, 9.17) is 5.73 Å². The molecule has 0 aromatic heterocycles. The van der Waals surface area contributed by atoms with E-state index in [1.54, 1.807) is 0 Å². The topological polar surface area (TPSA) is 29.3 Å². The van der Waals surface area contributed by atoms with Crippen molar-refractivity contribution in [3.8, 4) is 0 Å². The SMILES string of the molecule is CC(N)CN(C)Cc1ccccc1. The van der Waals surface area contributed by atoms with Gasteiger partial charge in [0.05, 0.1) is 0 Å². The van der Waals surface area contributed by atoms with E-state index in [2.05, 4.69) is 36.2 Å². The largest absolute Gasteiger partial charge is 0.327 e. The minimum absolute atomic E-state index is 0.244. The molecule has 0 bridgehead atoms. The van der Waals surface area contributed by atoms with E-state index < -0.39 is 0 Å². The van der Waals surface area contributed by atoms with Gasteiger partial charge in [-0.05, 0) is 19.5 Å². The molecule has 0 saturated carbocycles. The molecule has 0 aliphatic rings. The molecule has 13 heavy (non-hydrogen) atoms. The molecule has 0 aliphatic carbocycles. The Morgan fingerprint density at radius 2 is 1.92 bits per heavy atom. The van der Waals surface area contributed by atoms with Crippen LogP contribution in [-0.4, -0.2) is 24.5 Å². The maximum Gasteiger partial charge on any atom is 0.0231 e. The number of likely N-dealkylation sites (N-methyl/N-ethyl adjacent to an activating group) is 1. The van der Waals surface area contributed by atoms with Crippen LogP contribution >= 0.6 is 0 Å². The standard InChI is InChI=1S/C11H18N2/c1-10(12)8-13(2)9-11-6-4-3-5-7-11/h3-7,10H,8-9,12H2,1-2H3. The molecule has 0 heterocycles. The Morgan fingerprint density at radius 1 is 1.31 bits per heavy atom. The minimum Gasteiger partial charge on any atom is -0.327 e. The van der Waals surface area contributed by atoms with Crippen LogP contribution in [0.15, 0.2) is 30.3 Å². The van der Waals surface area contributed by atoms with Crippen LogP contribution in [0.1, 0.15) is 12.5 Å². The monoisotopic (exact) mass is 178 g/mol. The molecular formula is C11H18N2. The number of rotatable bonds is 4. The zero-order valence-electron chi connectivity index (χ0n) is 8.40. The Labute approximate surface area is 80.4 Å². The number of nitrogens with two attached hydrogens (primary N) is 1. The lowest BCUT2D eigenvalue weighted by Gasteiger charge is -2.18. The van der Waals surface area contributed by atoms with Crippen LogP contribution in [0.5, 0.6) is 0 Å². The predicted octanol–water partition coefficient (Wildman–Crippen LogP) is 1.47. The lowest BCUT2D eigenvalue weighted by molar-refractivity contribution is 0.310. The highest BCUT2D eigenvalue weighted by molar-refractivity contribution is 5.14. The van der Waals surface area contributed by atoms with Crippen LogP contribution in [0.2, 0.25) is 0 Å². The first-order chi connectivity index (χ1) is 6.18. The first-order valence-electron chi connectivity index (χ1n) is 4.66. The fourth-order valence-electron chi connectivity index (χ4n) is 1.45. The van der Waals surface area contributed by atoms with Crippen molar-refractivity contribution in [2.24, 2.45) is 5.73 Å². The number of benzene rings is 1. The van der Waals surface area contributed by atoms with Crippen molar-refractivity contribution in [2.45, 2.75) is 19.5 Å². The van der Waals surface area contributed by atoms with E-state index in [0.29, 0.717) is 0 Å². The second-order valence-electron chi connectivity index (χ2n) is 3.66. The first-order valence-corrected chi connectivity index (χ1v) is 4.66. The molecule has 1 rings (SSSR count). The maximum absolute atomic E-state index is 5.71. The van der Waals surface area contributed by atoms with Gasteiger partial charge < -0.3 is 10.6 Å². The zero-order valence-corrected chi connectivity index (χ0v) is 8.40. The molecule has 2 N–H and O–H groups in total. The summed E-state index contributed by atoms with van der Waals surface area (Å²) in [6.45, 7) is 3.94. The van der Waals surface area contributed by atoms with E-state index in [1.807, 2.05) is 13.0 Å². The molecule has 0 spiro atoms. The molecule has 0 aliphatic heterocycles. The zero-order chi connectivity index (χ0) is 9.68. The number of hydrogen-bond donors (Lipinski definition) is 1. The van der Waals surface area contributed by atoms with E-state index in [0.717, 1.165) is 13.1 Å². The van der Waals surface area contributed by atoms with Crippen LogP contribution in [0.25, 0.3) is 0 Å². The fraction of sp³-hybridized carbons (Fsp3) is 0.455. The molecule has 1 unspecified atom stereocenters. The minimum atomic E-state index is 0.244. The molecular weight excluding hydrogens is 160 g/mol. The van der Waals surface area contributed by atoms with Crippen molar-refractivity contribution < 1.29 is 0 Å². The second kappa shape index (κ2) is 5.00. The Hall–Kier alpha value is -0.860. The summed E-state index contributed by atoms with van der Waals surface area (Å²) in [6, 6.07) is 10.7. The fourth-order valence-corrected chi connectivity index (χ4v) is 1.45. The van der Waals surface area contributed by atoms with Gasteiger partial charge in [0.15, 0.2) is 0 Å². The average Bonchev–Trinajstić information content (AvgIpc) is 2.04. The Kier molecular flexibility index (Phi) is 3.93. The smallest absolute Gasteiger partial charge is 0.0231 e. The number of hydrogen-bond acceptors (Lipinski definition) is 2. The molecule has 1 aromatic rings. The molecule has 0 fully saturated rings. The van der Waals surface area contributed by atoms with Crippen molar-refractivity contribution in [1.29, 1.82) is 0 Å². The van der Waals surface area contributed by atoms with Gasteiger partial charge >= 0.3 is 0 Å². The van der Waals surface area contributed by atoms with Gasteiger partial charge in [0, 0.05) is 19.1 Å². The van der Waals surface area contributed by atoms with Crippen LogP contribution in [0.4, 0.5) is 0 Å². The summed E-state index contributed by atoms with van der Waals surface area (Å²) < 4.78 is 0. The molecule has 1 aromatic carbocycles. The third-order valence-electron chi connectivity index (χ3n) is 1.89. The van der Waals surface area contributed by atoms with Crippen molar-refractivity contribution in [3.63, 3.8) is 0 Å². The van der Waals surface area contributed by atoms with Crippen LogP contribution in [0, 0.1) is 0 Å². The summed E-state index contributed by atoms with van der Waals surface area (Å²) in [7, 11) is 2.09. The molecule has 1 atom stereocenters. The molecule has 0 radical (unpaired) electrons. The molecule has 2 heteroatoms. The summed E-state index contributed by atoms with van der Waals surface area (Å²) in [5, 5.41) is 0. The highest BCUT2D eigenvalue weighted by Crippen LogP contribution is 2.02. The summed E-state index contributed by atoms with van der Waals surface area (Å²) in [4.78, 5) is 2.24. The molecule has 0 amide bonds.